The molecule has 0 fully saturated rings. The summed E-state index contributed by atoms with van der Waals surface area (Å²) >= 11 is 5.99. The van der Waals surface area contributed by atoms with Crippen LogP contribution in [0.5, 0.6) is 5.75 Å². The topological polar surface area (TPSA) is 39.1 Å². The minimum atomic E-state index is 0.412. The molecule has 4 nitrogen and oxygen atoms in total. The third kappa shape index (κ3) is 3.99. The van der Waals surface area contributed by atoms with Gasteiger partial charge in [0, 0.05) is 19.2 Å². The van der Waals surface area contributed by atoms with Crippen LogP contribution in [-0.4, -0.2) is 16.1 Å². The lowest BCUT2D eigenvalue weighted by molar-refractivity contribution is 0.286. The summed E-state index contributed by atoms with van der Waals surface area (Å²) < 4.78 is 7.83. The van der Waals surface area contributed by atoms with Gasteiger partial charge in [-0.2, -0.15) is 0 Å². The smallest absolute Gasteiger partial charge is 0.147 e. The van der Waals surface area contributed by atoms with Crippen LogP contribution in [0.4, 0.5) is 0 Å². The Morgan fingerprint density at radius 1 is 1.38 bits per heavy atom. The van der Waals surface area contributed by atoms with E-state index >= 15 is 0 Å². The van der Waals surface area contributed by atoms with Gasteiger partial charge in [0.1, 0.15) is 23.3 Å². The van der Waals surface area contributed by atoms with Crippen LogP contribution in [0.1, 0.15) is 30.3 Å². The Morgan fingerprint density at radius 3 is 2.86 bits per heavy atom. The molecule has 0 spiro atoms. The summed E-state index contributed by atoms with van der Waals surface area (Å²) in [6, 6.07) is 6.21. The van der Waals surface area contributed by atoms with Crippen LogP contribution in [0.2, 0.25) is 5.15 Å². The van der Waals surface area contributed by atoms with Gasteiger partial charge in [-0.15, -0.1) is 0 Å². The highest BCUT2D eigenvalue weighted by Gasteiger charge is 2.10. The molecule has 1 N–H and O–H groups in total. The maximum atomic E-state index is 6.00. The minimum absolute atomic E-state index is 0.412. The van der Waals surface area contributed by atoms with Crippen LogP contribution >= 0.6 is 11.6 Å². The molecule has 1 aromatic heterocycles. The molecule has 0 radical (unpaired) electrons. The lowest BCUT2D eigenvalue weighted by Gasteiger charge is -2.14. The maximum Gasteiger partial charge on any atom is 0.147 e. The molecule has 2 rings (SSSR count). The Kier molecular flexibility index (Phi) is 5.65. The summed E-state index contributed by atoms with van der Waals surface area (Å²) in [7, 11) is 1.88. The van der Waals surface area contributed by atoms with Crippen molar-refractivity contribution in [1.29, 1.82) is 0 Å². The Morgan fingerprint density at radius 2 is 2.19 bits per heavy atom. The molecule has 0 saturated carbocycles. The third-order valence-electron chi connectivity index (χ3n) is 3.41. The van der Waals surface area contributed by atoms with E-state index in [9.17, 15) is 0 Å². The van der Waals surface area contributed by atoms with Gasteiger partial charge in [-0.1, -0.05) is 36.7 Å². The second-order valence-corrected chi connectivity index (χ2v) is 5.47. The molecule has 0 saturated heterocycles. The molecule has 1 aromatic carbocycles. The van der Waals surface area contributed by atoms with E-state index in [-0.39, 0.29) is 0 Å². The molecule has 114 valence electrons. The number of hydrogen-bond donors (Lipinski definition) is 1. The molecule has 0 bridgehead atoms. The number of halogens is 1. The van der Waals surface area contributed by atoms with Gasteiger partial charge >= 0.3 is 0 Å². The van der Waals surface area contributed by atoms with Crippen LogP contribution < -0.4 is 10.1 Å². The molecule has 0 atom stereocenters. The van der Waals surface area contributed by atoms with E-state index < -0.39 is 0 Å². The van der Waals surface area contributed by atoms with Crippen molar-refractivity contribution in [2.75, 3.05) is 6.54 Å². The Balaban J connectivity index is 2.09. The predicted octanol–water partition coefficient (Wildman–Crippen LogP) is 3.46. The predicted molar refractivity (Wildman–Crippen MR) is 85.7 cm³/mol. The van der Waals surface area contributed by atoms with E-state index in [2.05, 4.69) is 42.3 Å². The molecule has 5 heteroatoms. The number of para-hydroxylation sites is 1. The molecule has 0 aliphatic rings. The first-order valence-corrected chi connectivity index (χ1v) is 7.59. The van der Waals surface area contributed by atoms with Crippen molar-refractivity contribution in [1.82, 2.24) is 14.9 Å². The summed E-state index contributed by atoms with van der Waals surface area (Å²) in [6.07, 6.45) is 2.76. The molecular formula is C16H22ClN3O. The first kappa shape index (κ1) is 15.9. The van der Waals surface area contributed by atoms with Crippen LogP contribution in [0.25, 0.3) is 0 Å². The number of aromatic nitrogens is 2. The van der Waals surface area contributed by atoms with Crippen molar-refractivity contribution >= 4 is 11.6 Å². The van der Waals surface area contributed by atoms with Gasteiger partial charge in [-0.3, -0.25) is 0 Å². The van der Waals surface area contributed by atoms with Gasteiger partial charge in [0.25, 0.3) is 0 Å². The van der Waals surface area contributed by atoms with Gasteiger partial charge in [-0.05, 0) is 25.5 Å². The molecular weight excluding hydrogens is 286 g/mol. The van der Waals surface area contributed by atoms with E-state index in [0.29, 0.717) is 11.8 Å². The SMILES string of the molecule is CCCNCc1cccc(C)c1OCc1ncc(Cl)n1C. The highest BCUT2D eigenvalue weighted by atomic mass is 35.5. The highest BCUT2D eigenvalue weighted by Crippen LogP contribution is 2.24. The second kappa shape index (κ2) is 7.48. The summed E-state index contributed by atoms with van der Waals surface area (Å²) in [5.41, 5.74) is 2.30. The average molecular weight is 308 g/mol. The molecule has 0 aliphatic heterocycles. The normalized spacial score (nSPS) is 10.9. The number of nitrogens with zero attached hydrogens (tertiary/aromatic N) is 2. The van der Waals surface area contributed by atoms with Crippen LogP contribution in [-0.2, 0) is 20.2 Å². The second-order valence-electron chi connectivity index (χ2n) is 5.08. The quantitative estimate of drug-likeness (QED) is 0.796. The van der Waals surface area contributed by atoms with Gasteiger partial charge < -0.3 is 14.6 Å². The van der Waals surface area contributed by atoms with Crippen molar-refractivity contribution < 1.29 is 4.74 Å². The number of imidazole rings is 1. The van der Waals surface area contributed by atoms with E-state index in [1.54, 1.807) is 6.20 Å². The lowest BCUT2D eigenvalue weighted by Crippen LogP contribution is -2.15. The molecule has 0 amide bonds. The Bertz CT molecular complexity index is 595. The average Bonchev–Trinajstić information content (AvgIpc) is 2.78. The van der Waals surface area contributed by atoms with Crippen molar-refractivity contribution in [2.24, 2.45) is 7.05 Å². The number of benzene rings is 1. The fraction of sp³-hybridized carbons (Fsp3) is 0.438. The van der Waals surface area contributed by atoms with Gasteiger partial charge in [-0.25, -0.2) is 4.98 Å². The number of nitrogens with one attached hydrogen (secondary N) is 1. The van der Waals surface area contributed by atoms with Gasteiger partial charge in [0.2, 0.25) is 0 Å². The molecule has 0 aliphatic carbocycles. The zero-order valence-corrected chi connectivity index (χ0v) is 13.6. The number of hydrogen-bond acceptors (Lipinski definition) is 3. The summed E-state index contributed by atoms with van der Waals surface area (Å²) in [6.45, 7) is 6.44. The number of aryl methyl sites for hydroxylation is 1. The first-order chi connectivity index (χ1) is 10.1. The van der Waals surface area contributed by atoms with Crippen molar-refractivity contribution in [3.05, 3.63) is 46.5 Å². The minimum Gasteiger partial charge on any atom is -0.485 e. The number of rotatable bonds is 7. The van der Waals surface area contributed by atoms with Crippen LogP contribution in [0, 0.1) is 6.92 Å². The third-order valence-corrected chi connectivity index (χ3v) is 3.76. The lowest BCUT2D eigenvalue weighted by atomic mass is 10.1. The van der Waals surface area contributed by atoms with E-state index in [4.69, 9.17) is 16.3 Å². The van der Waals surface area contributed by atoms with Gasteiger partial charge in [0.05, 0.1) is 6.20 Å². The van der Waals surface area contributed by atoms with Crippen molar-refractivity contribution in [3.63, 3.8) is 0 Å². The summed E-state index contributed by atoms with van der Waals surface area (Å²) in [5, 5.41) is 4.02. The van der Waals surface area contributed by atoms with E-state index in [1.165, 1.54) is 5.56 Å². The highest BCUT2D eigenvalue weighted by molar-refractivity contribution is 6.29. The first-order valence-electron chi connectivity index (χ1n) is 7.21. The van der Waals surface area contributed by atoms with E-state index in [1.807, 2.05) is 11.6 Å². The zero-order valence-electron chi connectivity index (χ0n) is 12.8. The fourth-order valence-electron chi connectivity index (χ4n) is 2.15. The van der Waals surface area contributed by atoms with E-state index in [0.717, 1.165) is 36.6 Å². The molecule has 21 heavy (non-hydrogen) atoms. The monoisotopic (exact) mass is 307 g/mol. The molecule has 0 unspecified atom stereocenters. The molecule has 1 heterocycles. The Labute approximate surface area is 131 Å². The number of ether oxygens (including phenoxy) is 1. The van der Waals surface area contributed by atoms with Gasteiger partial charge in [0.15, 0.2) is 0 Å². The maximum absolute atomic E-state index is 6.00. The fourth-order valence-corrected chi connectivity index (χ4v) is 2.30. The van der Waals surface area contributed by atoms with Crippen LogP contribution in [0.3, 0.4) is 0 Å². The standard InChI is InChI=1S/C16H22ClN3O/c1-4-8-18-9-13-7-5-6-12(2)16(13)21-11-15-19-10-14(17)20(15)3/h5-7,10,18H,4,8-9,11H2,1-3H3. The van der Waals surface area contributed by atoms with Crippen molar-refractivity contribution in [2.45, 2.75) is 33.4 Å². The summed E-state index contributed by atoms with van der Waals surface area (Å²) in [4.78, 5) is 4.26. The Hall–Kier alpha value is -1.52. The molecule has 2 aromatic rings. The zero-order chi connectivity index (χ0) is 15.2. The summed E-state index contributed by atoms with van der Waals surface area (Å²) in [5.74, 6) is 1.75. The van der Waals surface area contributed by atoms with Crippen molar-refractivity contribution in [3.8, 4) is 5.75 Å². The van der Waals surface area contributed by atoms with Crippen LogP contribution in [0.15, 0.2) is 24.4 Å². The largest absolute Gasteiger partial charge is 0.485 e.